The Balaban J connectivity index is 2.22. The Hall–Kier alpha value is -0.830. The molecule has 3 heteroatoms. The van der Waals surface area contributed by atoms with Gasteiger partial charge >= 0.3 is 5.97 Å². The fourth-order valence-corrected chi connectivity index (χ4v) is 1.56. The Morgan fingerprint density at radius 3 is 2.62 bits per heavy atom. The molecule has 0 aromatic carbocycles. The number of hydrogen-bond acceptors (Lipinski definition) is 3. The molecule has 0 spiro atoms. The predicted octanol–water partition coefficient (Wildman–Crippen LogP) is 1.38. The Kier molecular flexibility index (Phi) is 3.96. The van der Waals surface area contributed by atoms with Crippen molar-refractivity contribution < 1.29 is 9.53 Å². The van der Waals surface area contributed by atoms with Gasteiger partial charge in [-0.15, -0.1) is 6.58 Å². The molecular weight excluding hydrogens is 166 g/mol. The number of esters is 1. The molecule has 0 heterocycles. The first-order chi connectivity index (χ1) is 6.22. The molecule has 0 aromatic rings. The van der Waals surface area contributed by atoms with Crippen LogP contribution in [0.5, 0.6) is 0 Å². The van der Waals surface area contributed by atoms with Crippen LogP contribution in [-0.4, -0.2) is 18.1 Å². The molecule has 0 amide bonds. The summed E-state index contributed by atoms with van der Waals surface area (Å²) in [6, 6.07) is 0.300. The van der Waals surface area contributed by atoms with Crippen molar-refractivity contribution in [2.24, 2.45) is 5.73 Å². The summed E-state index contributed by atoms with van der Waals surface area (Å²) in [7, 11) is 0. The van der Waals surface area contributed by atoms with Crippen LogP contribution in [0.25, 0.3) is 0 Å². The summed E-state index contributed by atoms with van der Waals surface area (Å²) in [6.45, 7) is 3.48. The van der Waals surface area contributed by atoms with Crippen molar-refractivity contribution in [3.63, 3.8) is 0 Å². The van der Waals surface area contributed by atoms with E-state index in [1.165, 1.54) is 0 Å². The average Bonchev–Trinajstić information content (AvgIpc) is 2.09. The second-order valence-corrected chi connectivity index (χ2v) is 3.52. The molecule has 3 nitrogen and oxygen atoms in total. The maximum absolute atomic E-state index is 11.1. The van der Waals surface area contributed by atoms with E-state index >= 15 is 0 Å². The molecule has 0 saturated heterocycles. The Morgan fingerprint density at radius 2 is 2.08 bits per heavy atom. The monoisotopic (exact) mass is 183 g/mol. The van der Waals surface area contributed by atoms with E-state index in [4.69, 9.17) is 10.5 Å². The molecule has 1 saturated carbocycles. The molecule has 1 aliphatic carbocycles. The van der Waals surface area contributed by atoms with Gasteiger partial charge in [-0.2, -0.15) is 0 Å². The lowest BCUT2D eigenvalue weighted by atomic mass is 9.94. The fraction of sp³-hybridized carbons (Fsp3) is 0.700. The molecule has 0 aromatic heterocycles. The molecule has 74 valence electrons. The Bertz CT molecular complexity index is 183. The van der Waals surface area contributed by atoms with Crippen LogP contribution in [0.4, 0.5) is 0 Å². The van der Waals surface area contributed by atoms with Gasteiger partial charge in [-0.05, 0) is 25.7 Å². The molecule has 2 N–H and O–H groups in total. The van der Waals surface area contributed by atoms with E-state index in [2.05, 4.69) is 6.58 Å². The van der Waals surface area contributed by atoms with Crippen molar-refractivity contribution in [2.75, 3.05) is 0 Å². The van der Waals surface area contributed by atoms with Crippen LogP contribution in [0, 0.1) is 0 Å². The third-order valence-electron chi connectivity index (χ3n) is 2.33. The Labute approximate surface area is 78.9 Å². The van der Waals surface area contributed by atoms with Gasteiger partial charge in [0, 0.05) is 6.04 Å². The van der Waals surface area contributed by atoms with Crippen molar-refractivity contribution in [1.82, 2.24) is 0 Å². The Morgan fingerprint density at radius 1 is 1.46 bits per heavy atom. The highest BCUT2D eigenvalue weighted by molar-refractivity contribution is 5.71. The first-order valence-electron chi connectivity index (χ1n) is 4.78. The van der Waals surface area contributed by atoms with Gasteiger partial charge in [0.2, 0.25) is 0 Å². The SMILES string of the molecule is C=CCC(=O)OC1CCC(N)CC1. The van der Waals surface area contributed by atoms with Crippen LogP contribution in [0.1, 0.15) is 32.1 Å². The van der Waals surface area contributed by atoms with Crippen LogP contribution < -0.4 is 5.73 Å². The quantitative estimate of drug-likeness (QED) is 0.531. The predicted molar refractivity (Wildman–Crippen MR) is 51.1 cm³/mol. The molecule has 0 atom stereocenters. The van der Waals surface area contributed by atoms with Gasteiger partial charge in [-0.3, -0.25) is 4.79 Å². The topological polar surface area (TPSA) is 52.3 Å². The van der Waals surface area contributed by atoms with Gasteiger partial charge in [-0.25, -0.2) is 0 Å². The summed E-state index contributed by atoms with van der Waals surface area (Å²) < 4.78 is 5.21. The van der Waals surface area contributed by atoms with Crippen LogP contribution in [0.2, 0.25) is 0 Å². The zero-order valence-corrected chi connectivity index (χ0v) is 7.87. The molecule has 0 radical (unpaired) electrons. The molecule has 0 unspecified atom stereocenters. The second kappa shape index (κ2) is 5.02. The normalized spacial score (nSPS) is 28.1. The van der Waals surface area contributed by atoms with Crippen molar-refractivity contribution in [1.29, 1.82) is 0 Å². The minimum absolute atomic E-state index is 0.0900. The molecule has 1 aliphatic rings. The smallest absolute Gasteiger partial charge is 0.309 e. The average molecular weight is 183 g/mol. The van der Waals surface area contributed by atoms with Crippen LogP contribution >= 0.6 is 0 Å². The van der Waals surface area contributed by atoms with Crippen LogP contribution in [0.3, 0.4) is 0 Å². The lowest BCUT2D eigenvalue weighted by Gasteiger charge is -2.25. The van der Waals surface area contributed by atoms with Gasteiger partial charge in [0.15, 0.2) is 0 Å². The van der Waals surface area contributed by atoms with Crippen LogP contribution in [0.15, 0.2) is 12.7 Å². The summed E-state index contributed by atoms with van der Waals surface area (Å²) in [5, 5.41) is 0. The van der Waals surface area contributed by atoms with E-state index < -0.39 is 0 Å². The van der Waals surface area contributed by atoms with Gasteiger partial charge < -0.3 is 10.5 Å². The van der Waals surface area contributed by atoms with E-state index in [0.29, 0.717) is 12.5 Å². The van der Waals surface area contributed by atoms with E-state index in [1.807, 2.05) is 0 Å². The van der Waals surface area contributed by atoms with E-state index in [9.17, 15) is 4.79 Å². The zero-order valence-electron chi connectivity index (χ0n) is 7.87. The number of carbonyl (C=O) groups is 1. The number of hydrogen-bond donors (Lipinski definition) is 1. The summed E-state index contributed by atoms with van der Waals surface area (Å²) in [5.74, 6) is -0.171. The highest BCUT2D eigenvalue weighted by Gasteiger charge is 2.20. The largest absolute Gasteiger partial charge is 0.462 e. The summed E-state index contributed by atoms with van der Waals surface area (Å²) >= 11 is 0. The minimum atomic E-state index is -0.171. The molecule has 0 aliphatic heterocycles. The highest BCUT2D eigenvalue weighted by Crippen LogP contribution is 2.20. The zero-order chi connectivity index (χ0) is 9.68. The van der Waals surface area contributed by atoms with E-state index in [0.717, 1.165) is 25.7 Å². The third kappa shape index (κ3) is 3.59. The molecule has 0 bridgehead atoms. The van der Waals surface area contributed by atoms with E-state index in [1.54, 1.807) is 6.08 Å². The van der Waals surface area contributed by atoms with Gasteiger partial charge in [-0.1, -0.05) is 6.08 Å². The second-order valence-electron chi connectivity index (χ2n) is 3.52. The molecule has 13 heavy (non-hydrogen) atoms. The highest BCUT2D eigenvalue weighted by atomic mass is 16.5. The summed E-state index contributed by atoms with van der Waals surface area (Å²) in [6.07, 6.45) is 5.71. The number of nitrogens with two attached hydrogens (primary N) is 1. The first kappa shape index (κ1) is 10.3. The van der Waals surface area contributed by atoms with Gasteiger partial charge in [0.1, 0.15) is 6.10 Å². The fourth-order valence-electron chi connectivity index (χ4n) is 1.56. The van der Waals surface area contributed by atoms with Crippen LogP contribution in [-0.2, 0) is 9.53 Å². The lowest BCUT2D eigenvalue weighted by molar-refractivity contribution is -0.149. The summed E-state index contributed by atoms with van der Waals surface area (Å²) in [4.78, 5) is 11.1. The standard InChI is InChI=1S/C10H17NO2/c1-2-3-10(12)13-9-6-4-8(11)5-7-9/h2,8-9H,1,3-7,11H2. The molecular formula is C10H17NO2. The maximum atomic E-state index is 11.1. The number of ether oxygens (including phenoxy) is 1. The number of rotatable bonds is 3. The first-order valence-corrected chi connectivity index (χ1v) is 4.78. The van der Waals surface area contributed by atoms with E-state index in [-0.39, 0.29) is 12.1 Å². The minimum Gasteiger partial charge on any atom is -0.462 e. The molecule has 1 fully saturated rings. The van der Waals surface area contributed by atoms with Crippen molar-refractivity contribution in [3.8, 4) is 0 Å². The molecule has 1 rings (SSSR count). The van der Waals surface area contributed by atoms with Gasteiger partial charge in [0.25, 0.3) is 0 Å². The lowest BCUT2D eigenvalue weighted by Crippen LogP contribution is -2.31. The summed E-state index contributed by atoms with van der Waals surface area (Å²) in [5.41, 5.74) is 5.73. The maximum Gasteiger partial charge on any atom is 0.309 e. The van der Waals surface area contributed by atoms with Crippen molar-refractivity contribution >= 4 is 5.97 Å². The number of carbonyl (C=O) groups excluding carboxylic acids is 1. The van der Waals surface area contributed by atoms with Crippen molar-refractivity contribution in [3.05, 3.63) is 12.7 Å². The van der Waals surface area contributed by atoms with Crippen molar-refractivity contribution in [2.45, 2.75) is 44.2 Å². The van der Waals surface area contributed by atoms with Gasteiger partial charge in [0.05, 0.1) is 6.42 Å². The third-order valence-corrected chi connectivity index (χ3v) is 2.33.